The normalized spacial score (nSPS) is 13.5. The van der Waals surface area contributed by atoms with E-state index in [0.717, 1.165) is 31.9 Å². The lowest BCUT2D eigenvalue weighted by molar-refractivity contribution is 0.238. The van der Waals surface area contributed by atoms with E-state index in [-0.39, 0.29) is 5.41 Å². The molecule has 0 saturated carbocycles. The smallest absolute Gasteiger partial charge is 0.122 e. The van der Waals surface area contributed by atoms with Gasteiger partial charge in [-0.15, -0.1) is 0 Å². The minimum absolute atomic E-state index is 0.173. The van der Waals surface area contributed by atoms with Gasteiger partial charge in [-0.05, 0) is 11.8 Å². The second-order valence-electron chi connectivity index (χ2n) is 6.60. The molecule has 2 aromatic rings. The van der Waals surface area contributed by atoms with Crippen molar-refractivity contribution in [2.45, 2.75) is 59.8 Å². The molecule has 0 fully saturated rings. The molecule has 0 saturated heterocycles. The third-order valence-electron chi connectivity index (χ3n) is 3.77. The highest BCUT2D eigenvalue weighted by Gasteiger charge is 2.24. The van der Waals surface area contributed by atoms with Gasteiger partial charge in [-0.3, -0.25) is 0 Å². The number of hydrogen-bond donors (Lipinski definition) is 1. The molecule has 0 amide bonds. The topological polar surface area (TPSA) is 47.7 Å². The van der Waals surface area contributed by atoms with Crippen LogP contribution >= 0.6 is 0 Å². The molecule has 116 valence electrons. The van der Waals surface area contributed by atoms with E-state index in [0.29, 0.717) is 6.04 Å². The summed E-state index contributed by atoms with van der Waals surface area (Å²) in [5.41, 5.74) is 0.173. The van der Waals surface area contributed by atoms with Crippen LogP contribution in [0.25, 0.3) is 0 Å². The van der Waals surface area contributed by atoms with Crippen molar-refractivity contribution in [2.75, 3.05) is 0 Å². The second kappa shape index (κ2) is 6.89. The largest absolute Gasteiger partial charge is 0.336 e. The van der Waals surface area contributed by atoms with Crippen LogP contribution in [0, 0.1) is 5.41 Å². The van der Waals surface area contributed by atoms with Gasteiger partial charge in [0.2, 0.25) is 0 Å². The van der Waals surface area contributed by atoms with Gasteiger partial charge in [-0.2, -0.15) is 0 Å². The molecule has 2 aromatic heterocycles. The zero-order valence-corrected chi connectivity index (χ0v) is 13.6. The van der Waals surface area contributed by atoms with Crippen LogP contribution in [0.15, 0.2) is 31.1 Å². The van der Waals surface area contributed by atoms with Crippen LogP contribution in [0.1, 0.15) is 39.9 Å². The van der Waals surface area contributed by atoms with Gasteiger partial charge in [0.25, 0.3) is 0 Å². The Bertz CT molecular complexity index is 521. The van der Waals surface area contributed by atoms with E-state index >= 15 is 0 Å². The van der Waals surface area contributed by atoms with Gasteiger partial charge in [0.15, 0.2) is 0 Å². The number of nitrogens with one attached hydrogen (secondary N) is 1. The molecule has 5 heteroatoms. The molecule has 5 nitrogen and oxygen atoms in total. The van der Waals surface area contributed by atoms with Crippen molar-refractivity contribution in [1.82, 2.24) is 24.4 Å². The van der Waals surface area contributed by atoms with E-state index in [1.807, 2.05) is 24.9 Å². The van der Waals surface area contributed by atoms with E-state index in [4.69, 9.17) is 0 Å². The molecule has 21 heavy (non-hydrogen) atoms. The van der Waals surface area contributed by atoms with E-state index in [1.54, 1.807) is 0 Å². The summed E-state index contributed by atoms with van der Waals surface area (Å²) < 4.78 is 4.35. The zero-order valence-electron chi connectivity index (χ0n) is 13.6. The van der Waals surface area contributed by atoms with Crippen LogP contribution in [0.2, 0.25) is 0 Å². The molecule has 2 rings (SSSR count). The molecular formula is C16H27N5. The molecular weight excluding hydrogens is 262 g/mol. The molecule has 0 bridgehead atoms. The van der Waals surface area contributed by atoms with Crippen LogP contribution in [0.4, 0.5) is 0 Å². The van der Waals surface area contributed by atoms with Gasteiger partial charge in [0.1, 0.15) is 5.82 Å². The minimum Gasteiger partial charge on any atom is -0.336 e. The van der Waals surface area contributed by atoms with Gasteiger partial charge in [0, 0.05) is 43.9 Å². The third-order valence-corrected chi connectivity index (χ3v) is 3.77. The Morgan fingerprint density at radius 3 is 2.67 bits per heavy atom. The van der Waals surface area contributed by atoms with E-state index in [2.05, 4.69) is 58.3 Å². The average Bonchev–Trinajstić information content (AvgIpc) is 3.05. The summed E-state index contributed by atoms with van der Waals surface area (Å²) in [7, 11) is 0. The summed E-state index contributed by atoms with van der Waals surface area (Å²) in [4.78, 5) is 8.59. The average molecular weight is 289 g/mol. The predicted molar refractivity (Wildman–Crippen MR) is 84.8 cm³/mol. The molecule has 1 atom stereocenters. The quantitative estimate of drug-likeness (QED) is 0.852. The van der Waals surface area contributed by atoms with Crippen molar-refractivity contribution < 1.29 is 0 Å². The van der Waals surface area contributed by atoms with Gasteiger partial charge >= 0.3 is 0 Å². The number of imidazole rings is 2. The Labute approximate surface area is 127 Å². The molecule has 2 heterocycles. The standard InChI is InChI=1S/C16H27N5/c1-5-8-21-10-7-18-15(21)11-19-14(16(2,3)4)12-20-9-6-17-13-20/h6-7,9-10,13-14,19H,5,8,11-12H2,1-4H3. The summed E-state index contributed by atoms with van der Waals surface area (Å²) >= 11 is 0. The first-order valence-corrected chi connectivity index (χ1v) is 7.70. The van der Waals surface area contributed by atoms with Gasteiger partial charge < -0.3 is 14.5 Å². The zero-order chi connectivity index (χ0) is 15.3. The summed E-state index contributed by atoms with van der Waals surface area (Å²) in [6.45, 7) is 11.7. The molecule has 1 unspecified atom stereocenters. The van der Waals surface area contributed by atoms with Crippen LogP contribution < -0.4 is 5.32 Å². The minimum atomic E-state index is 0.173. The highest BCUT2D eigenvalue weighted by molar-refractivity contribution is 4.94. The molecule has 0 aromatic carbocycles. The molecule has 0 aliphatic rings. The molecule has 1 N–H and O–H groups in total. The third kappa shape index (κ3) is 4.43. The Kier molecular flexibility index (Phi) is 5.17. The summed E-state index contributed by atoms with van der Waals surface area (Å²) in [5, 5.41) is 3.67. The predicted octanol–water partition coefficient (Wildman–Crippen LogP) is 2.69. The summed E-state index contributed by atoms with van der Waals surface area (Å²) in [6, 6.07) is 0.360. The maximum absolute atomic E-state index is 4.47. The van der Waals surface area contributed by atoms with Crippen molar-refractivity contribution in [3.8, 4) is 0 Å². The van der Waals surface area contributed by atoms with Crippen LogP contribution in [-0.2, 0) is 19.6 Å². The lowest BCUT2D eigenvalue weighted by Gasteiger charge is -2.32. The van der Waals surface area contributed by atoms with Crippen molar-refractivity contribution in [2.24, 2.45) is 5.41 Å². The van der Waals surface area contributed by atoms with Crippen molar-refractivity contribution in [3.05, 3.63) is 36.9 Å². The van der Waals surface area contributed by atoms with Crippen LogP contribution in [-0.4, -0.2) is 25.1 Å². The lowest BCUT2D eigenvalue weighted by atomic mass is 9.86. The Hall–Kier alpha value is -1.62. The first-order chi connectivity index (χ1) is 10.0. The van der Waals surface area contributed by atoms with E-state index in [1.165, 1.54) is 0 Å². The number of aryl methyl sites for hydroxylation is 1. The fraction of sp³-hybridized carbons (Fsp3) is 0.625. The van der Waals surface area contributed by atoms with Crippen LogP contribution in [0.3, 0.4) is 0 Å². The highest BCUT2D eigenvalue weighted by Crippen LogP contribution is 2.21. The first-order valence-electron chi connectivity index (χ1n) is 7.70. The number of hydrogen-bond acceptors (Lipinski definition) is 3. The summed E-state index contributed by atoms with van der Waals surface area (Å²) in [6.07, 6.45) is 10.8. The lowest BCUT2D eigenvalue weighted by Crippen LogP contribution is -2.43. The number of aromatic nitrogens is 4. The van der Waals surface area contributed by atoms with Crippen LogP contribution in [0.5, 0.6) is 0 Å². The number of nitrogens with zero attached hydrogens (tertiary/aromatic N) is 4. The van der Waals surface area contributed by atoms with Gasteiger partial charge in [-0.1, -0.05) is 27.7 Å². The Morgan fingerprint density at radius 1 is 1.24 bits per heavy atom. The van der Waals surface area contributed by atoms with Gasteiger partial charge in [-0.25, -0.2) is 9.97 Å². The van der Waals surface area contributed by atoms with Gasteiger partial charge in [0.05, 0.1) is 12.9 Å². The number of rotatable bonds is 7. The molecule has 0 spiro atoms. The van der Waals surface area contributed by atoms with Crippen molar-refractivity contribution in [3.63, 3.8) is 0 Å². The SMILES string of the molecule is CCCn1ccnc1CNC(Cn1ccnc1)C(C)(C)C. The Balaban J connectivity index is 2.00. The van der Waals surface area contributed by atoms with E-state index in [9.17, 15) is 0 Å². The highest BCUT2D eigenvalue weighted by atomic mass is 15.1. The Morgan fingerprint density at radius 2 is 2.05 bits per heavy atom. The molecule has 0 aliphatic carbocycles. The monoisotopic (exact) mass is 289 g/mol. The molecule has 0 radical (unpaired) electrons. The fourth-order valence-electron chi connectivity index (χ4n) is 2.42. The van der Waals surface area contributed by atoms with Crippen molar-refractivity contribution in [1.29, 1.82) is 0 Å². The first kappa shape index (κ1) is 15.8. The van der Waals surface area contributed by atoms with Crippen molar-refractivity contribution >= 4 is 0 Å². The second-order valence-corrected chi connectivity index (χ2v) is 6.60. The maximum Gasteiger partial charge on any atom is 0.122 e. The summed E-state index contributed by atoms with van der Waals surface area (Å²) in [5.74, 6) is 1.11. The maximum atomic E-state index is 4.47. The molecule has 0 aliphatic heterocycles. The fourth-order valence-corrected chi connectivity index (χ4v) is 2.42. The van der Waals surface area contributed by atoms with E-state index < -0.39 is 0 Å².